The van der Waals surface area contributed by atoms with Crippen LogP contribution in [0.15, 0.2) is 24.3 Å². The molecule has 1 atom stereocenters. The lowest BCUT2D eigenvalue weighted by atomic mass is 9.87. The first-order valence-electron chi connectivity index (χ1n) is 10.7. The number of benzene rings is 1. The summed E-state index contributed by atoms with van der Waals surface area (Å²) in [7, 11) is 0. The van der Waals surface area contributed by atoms with Gasteiger partial charge in [-0.25, -0.2) is 4.79 Å². The molecule has 0 spiro atoms. The summed E-state index contributed by atoms with van der Waals surface area (Å²) in [6.07, 6.45) is 6.02. The molecule has 2 N–H and O–H groups in total. The number of hydrogen-bond acceptors (Lipinski definition) is 4. The predicted molar refractivity (Wildman–Crippen MR) is 110 cm³/mol. The van der Waals surface area contributed by atoms with E-state index in [0.717, 1.165) is 51.4 Å². The molecule has 1 aromatic carbocycles. The van der Waals surface area contributed by atoms with Crippen LogP contribution < -0.4 is 10.6 Å². The van der Waals surface area contributed by atoms with Gasteiger partial charge in [-0.05, 0) is 49.8 Å². The SMILES string of the molecule is NC(=O)[C@]12[CH]CCCN1C(=O)N(c1ccc(C3(CN4CCOCC4)CC3)cc1)C2. The second-order valence-electron chi connectivity index (χ2n) is 8.87. The second kappa shape index (κ2) is 6.99. The second-order valence-corrected chi connectivity index (χ2v) is 8.87. The van der Waals surface area contributed by atoms with Crippen molar-refractivity contribution in [2.45, 2.75) is 36.6 Å². The molecule has 155 valence electrons. The van der Waals surface area contributed by atoms with Crippen molar-refractivity contribution in [2.75, 3.05) is 50.8 Å². The number of nitrogens with zero attached hydrogens (tertiary/aromatic N) is 3. The quantitative estimate of drug-likeness (QED) is 0.817. The molecule has 1 radical (unpaired) electrons. The molecule has 3 amide bonds. The standard InChI is InChI=1S/C22H29N4O3/c23-19(27)22-7-1-2-10-26(22)20(28)25(16-22)18-5-3-17(4-6-18)21(8-9-21)15-24-11-13-29-14-12-24/h3-7H,1-2,8-16H2,(H2,23,27)/t22-/m1/s1. The van der Waals surface area contributed by atoms with E-state index in [-0.39, 0.29) is 11.4 Å². The van der Waals surface area contributed by atoms with E-state index in [1.54, 1.807) is 9.80 Å². The Hall–Kier alpha value is -2.12. The number of hydrogen-bond donors (Lipinski definition) is 1. The summed E-state index contributed by atoms with van der Waals surface area (Å²) in [5.41, 5.74) is 7.17. The van der Waals surface area contributed by atoms with Crippen molar-refractivity contribution in [3.63, 3.8) is 0 Å². The van der Waals surface area contributed by atoms with Gasteiger partial charge in [0.15, 0.2) is 0 Å². The highest BCUT2D eigenvalue weighted by molar-refractivity contribution is 6.03. The van der Waals surface area contributed by atoms with E-state index < -0.39 is 11.4 Å². The monoisotopic (exact) mass is 397 g/mol. The molecule has 0 bridgehead atoms. The van der Waals surface area contributed by atoms with E-state index >= 15 is 0 Å². The number of anilines is 1. The van der Waals surface area contributed by atoms with E-state index in [2.05, 4.69) is 17.0 Å². The molecular formula is C22H29N4O3. The lowest BCUT2D eigenvalue weighted by Crippen LogP contribution is -2.59. The summed E-state index contributed by atoms with van der Waals surface area (Å²) < 4.78 is 5.47. The Morgan fingerprint density at radius 1 is 1.10 bits per heavy atom. The number of fused-ring (bicyclic) bond motifs is 1. The molecule has 0 unspecified atom stereocenters. The van der Waals surface area contributed by atoms with Crippen LogP contribution in [-0.4, -0.2) is 73.2 Å². The highest BCUT2D eigenvalue weighted by atomic mass is 16.5. The summed E-state index contributed by atoms with van der Waals surface area (Å²) >= 11 is 0. The number of carbonyl (C=O) groups is 2. The average molecular weight is 397 g/mol. The number of nitrogens with two attached hydrogens (primary N) is 1. The topological polar surface area (TPSA) is 79.1 Å². The van der Waals surface area contributed by atoms with Crippen molar-refractivity contribution in [2.24, 2.45) is 5.73 Å². The third-order valence-corrected chi connectivity index (χ3v) is 7.11. The summed E-state index contributed by atoms with van der Waals surface area (Å²) in [5.74, 6) is -0.438. The van der Waals surface area contributed by atoms with Crippen LogP contribution in [0.5, 0.6) is 0 Å². The Labute approximate surface area is 171 Å². The van der Waals surface area contributed by atoms with Gasteiger partial charge in [-0.3, -0.25) is 14.6 Å². The molecule has 1 aromatic rings. The molecular weight excluding hydrogens is 368 g/mol. The molecule has 1 saturated carbocycles. The highest BCUT2D eigenvalue weighted by Crippen LogP contribution is 2.49. The van der Waals surface area contributed by atoms with Crippen molar-refractivity contribution in [3.8, 4) is 0 Å². The fourth-order valence-corrected chi connectivity index (χ4v) is 5.16. The average Bonchev–Trinajstić information content (AvgIpc) is 3.46. The molecule has 4 aliphatic rings. The first-order valence-corrected chi connectivity index (χ1v) is 10.7. The number of rotatable bonds is 5. The van der Waals surface area contributed by atoms with Crippen molar-refractivity contribution in [1.82, 2.24) is 9.80 Å². The number of primary amides is 1. The molecule has 3 aliphatic heterocycles. The largest absolute Gasteiger partial charge is 0.379 e. The first-order chi connectivity index (χ1) is 14.0. The summed E-state index contributed by atoms with van der Waals surface area (Å²) in [6.45, 7) is 5.61. The zero-order valence-electron chi connectivity index (χ0n) is 16.8. The van der Waals surface area contributed by atoms with Crippen LogP contribution in [0.4, 0.5) is 10.5 Å². The molecule has 3 heterocycles. The predicted octanol–water partition coefficient (Wildman–Crippen LogP) is 1.51. The number of urea groups is 1. The maximum atomic E-state index is 13.0. The molecule has 29 heavy (non-hydrogen) atoms. The molecule has 4 fully saturated rings. The number of carbonyl (C=O) groups excluding carboxylic acids is 2. The maximum Gasteiger partial charge on any atom is 0.325 e. The Bertz CT molecular complexity index is 801. The Morgan fingerprint density at radius 3 is 2.45 bits per heavy atom. The number of ether oxygens (including phenoxy) is 1. The Balaban J connectivity index is 1.34. The van der Waals surface area contributed by atoms with Crippen LogP contribution in [0, 0.1) is 6.42 Å². The van der Waals surface area contributed by atoms with E-state index in [1.165, 1.54) is 18.4 Å². The van der Waals surface area contributed by atoms with E-state index in [9.17, 15) is 9.59 Å². The fraction of sp³-hybridized carbons (Fsp3) is 0.591. The van der Waals surface area contributed by atoms with Crippen LogP contribution in [0.1, 0.15) is 31.2 Å². The third-order valence-electron chi connectivity index (χ3n) is 7.11. The van der Waals surface area contributed by atoms with Crippen LogP contribution in [0.25, 0.3) is 0 Å². The Kier molecular flexibility index (Phi) is 4.55. The minimum Gasteiger partial charge on any atom is -0.379 e. The minimum absolute atomic E-state index is 0.123. The molecule has 5 rings (SSSR count). The summed E-state index contributed by atoms with van der Waals surface area (Å²) in [6, 6.07) is 8.25. The zero-order chi connectivity index (χ0) is 20.1. The zero-order valence-corrected chi connectivity index (χ0v) is 16.8. The summed E-state index contributed by atoms with van der Waals surface area (Å²) in [5, 5.41) is 0. The fourth-order valence-electron chi connectivity index (χ4n) is 5.16. The van der Waals surface area contributed by atoms with Crippen molar-refractivity contribution < 1.29 is 14.3 Å². The third kappa shape index (κ3) is 3.11. The van der Waals surface area contributed by atoms with Gasteiger partial charge in [-0.15, -0.1) is 0 Å². The highest BCUT2D eigenvalue weighted by Gasteiger charge is 2.55. The smallest absolute Gasteiger partial charge is 0.325 e. The van der Waals surface area contributed by atoms with Gasteiger partial charge >= 0.3 is 6.03 Å². The van der Waals surface area contributed by atoms with Gasteiger partial charge in [-0.1, -0.05) is 12.1 Å². The van der Waals surface area contributed by atoms with Crippen molar-refractivity contribution in [3.05, 3.63) is 36.2 Å². The molecule has 0 aromatic heterocycles. The van der Waals surface area contributed by atoms with Gasteiger partial charge in [0.1, 0.15) is 5.54 Å². The number of amides is 3. The van der Waals surface area contributed by atoms with Gasteiger partial charge in [0.05, 0.1) is 19.8 Å². The van der Waals surface area contributed by atoms with Gasteiger partial charge < -0.3 is 15.4 Å². The van der Waals surface area contributed by atoms with Gasteiger partial charge in [0.2, 0.25) is 5.91 Å². The molecule has 7 heteroatoms. The number of morpholine rings is 1. The van der Waals surface area contributed by atoms with Crippen LogP contribution >= 0.6 is 0 Å². The van der Waals surface area contributed by atoms with Gasteiger partial charge in [0, 0.05) is 37.3 Å². The molecule has 7 nitrogen and oxygen atoms in total. The van der Waals surface area contributed by atoms with Crippen molar-refractivity contribution >= 4 is 17.6 Å². The summed E-state index contributed by atoms with van der Waals surface area (Å²) in [4.78, 5) is 31.1. The first kappa shape index (κ1) is 18.9. The van der Waals surface area contributed by atoms with Crippen LogP contribution in [-0.2, 0) is 14.9 Å². The maximum absolute atomic E-state index is 13.0. The Morgan fingerprint density at radius 2 is 1.83 bits per heavy atom. The van der Waals surface area contributed by atoms with E-state index in [0.29, 0.717) is 13.1 Å². The van der Waals surface area contributed by atoms with Gasteiger partial charge in [0.25, 0.3) is 0 Å². The lowest BCUT2D eigenvalue weighted by molar-refractivity contribution is -0.126. The number of piperidine rings is 1. The van der Waals surface area contributed by atoms with Crippen LogP contribution in [0.2, 0.25) is 0 Å². The molecule has 3 saturated heterocycles. The van der Waals surface area contributed by atoms with E-state index in [1.807, 2.05) is 18.6 Å². The minimum atomic E-state index is -0.970. The van der Waals surface area contributed by atoms with E-state index in [4.69, 9.17) is 10.5 Å². The van der Waals surface area contributed by atoms with Gasteiger partial charge in [-0.2, -0.15) is 0 Å². The molecule has 1 aliphatic carbocycles. The normalized spacial score (nSPS) is 29.0. The van der Waals surface area contributed by atoms with Crippen LogP contribution in [0.3, 0.4) is 0 Å². The van der Waals surface area contributed by atoms with Crippen molar-refractivity contribution in [1.29, 1.82) is 0 Å². The lowest BCUT2D eigenvalue weighted by Gasteiger charge is -2.37.